The molecule has 2 amide bonds. The fraction of sp³-hybridized carbons (Fsp3) is 0.130. The highest BCUT2D eigenvalue weighted by Gasteiger charge is 2.22. The molecular weight excluding hydrogens is 378 g/mol. The summed E-state index contributed by atoms with van der Waals surface area (Å²) in [5.41, 5.74) is 2.08. The van der Waals surface area contributed by atoms with Crippen LogP contribution in [0.1, 0.15) is 21.6 Å². The van der Waals surface area contributed by atoms with Crippen LogP contribution in [0.2, 0.25) is 0 Å². The van der Waals surface area contributed by atoms with Gasteiger partial charge in [0.25, 0.3) is 5.91 Å². The maximum atomic E-state index is 12.9. The molecule has 0 aliphatic rings. The molecule has 1 aromatic heterocycles. The number of carbonyl (C=O) groups excluding carboxylic acids is 2. The number of benzene rings is 3. The van der Waals surface area contributed by atoms with Crippen molar-refractivity contribution in [1.82, 2.24) is 26.0 Å². The van der Waals surface area contributed by atoms with Crippen LogP contribution in [0.15, 0.2) is 79.0 Å². The Morgan fingerprint density at radius 1 is 0.933 bits per heavy atom. The van der Waals surface area contributed by atoms with Gasteiger partial charge in [0.2, 0.25) is 5.91 Å². The number of fused-ring (bicyclic) bond motifs is 1. The molecule has 0 aliphatic carbocycles. The lowest BCUT2D eigenvalue weighted by atomic mass is 10.0. The number of hydrogen-bond acceptors (Lipinski definition) is 4. The van der Waals surface area contributed by atoms with Gasteiger partial charge in [-0.2, -0.15) is 15.4 Å². The van der Waals surface area contributed by atoms with Gasteiger partial charge >= 0.3 is 0 Å². The molecule has 150 valence electrons. The van der Waals surface area contributed by atoms with Gasteiger partial charge < -0.3 is 10.6 Å². The Morgan fingerprint density at radius 3 is 2.47 bits per heavy atom. The van der Waals surface area contributed by atoms with Gasteiger partial charge in [-0.25, -0.2) is 0 Å². The molecule has 0 saturated carbocycles. The minimum atomic E-state index is -0.724. The Bertz CT molecular complexity index is 1140. The molecule has 7 nitrogen and oxygen atoms in total. The normalized spacial score (nSPS) is 11.7. The molecule has 0 saturated heterocycles. The zero-order valence-electron chi connectivity index (χ0n) is 16.2. The molecule has 4 aromatic rings. The van der Waals surface area contributed by atoms with Gasteiger partial charge in [-0.1, -0.05) is 60.7 Å². The monoisotopic (exact) mass is 399 g/mol. The molecule has 0 bridgehead atoms. The fourth-order valence-electron chi connectivity index (χ4n) is 3.24. The number of rotatable bonds is 7. The summed E-state index contributed by atoms with van der Waals surface area (Å²) in [5, 5.41) is 17.9. The predicted molar refractivity (Wildman–Crippen MR) is 114 cm³/mol. The maximum Gasteiger partial charge on any atom is 0.251 e. The summed E-state index contributed by atoms with van der Waals surface area (Å²) < 4.78 is 0. The molecule has 0 aliphatic heterocycles. The van der Waals surface area contributed by atoms with Crippen molar-refractivity contribution in [1.29, 1.82) is 0 Å². The van der Waals surface area contributed by atoms with Gasteiger partial charge in [0.1, 0.15) is 11.7 Å². The third kappa shape index (κ3) is 4.70. The van der Waals surface area contributed by atoms with Crippen LogP contribution >= 0.6 is 0 Å². The third-order valence-electron chi connectivity index (χ3n) is 4.82. The smallest absolute Gasteiger partial charge is 0.251 e. The number of hydrogen-bond donors (Lipinski definition) is 3. The summed E-state index contributed by atoms with van der Waals surface area (Å²) in [6, 6.07) is 22.2. The van der Waals surface area contributed by atoms with E-state index >= 15 is 0 Å². The second kappa shape index (κ2) is 9.00. The molecule has 0 spiro atoms. The first-order valence-electron chi connectivity index (χ1n) is 9.65. The van der Waals surface area contributed by atoms with Crippen molar-refractivity contribution in [3.05, 3.63) is 95.8 Å². The molecule has 7 heteroatoms. The highest BCUT2D eigenvalue weighted by Crippen LogP contribution is 2.16. The van der Waals surface area contributed by atoms with E-state index < -0.39 is 6.04 Å². The van der Waals surface area contributed by atoms with Crippen molar-refractivity contribution < 1.29 is 9.59 Å². The average molecular weight is 399 g/mol. The quantitative estimate of drug-likeness (QED) is 0.445. The van der Waals surface area contributed by atoms with Crippen LogP contribution in [0.25, 0.3) is 10.8 Å². The topological polar surface area (TPSA) is 99.8 Å². The van der Waals surface area contributed by atoms with E-state index in [9.17, 15) is 9.59 Å². The number of aromatic amines is 1. The van der Waals surface area contributed by atoms with Crippen LogP contribution in [-0.4, -0.2) is 33.3 Å². The summed E-state index contributed by atoms with van der Waals surface area (Å²) in [4.78, 5) is 25.7. The van der Waals surface area contributed by atoms with Crippen LogP contribution in [0.3, 0.4) is 0 Å². The molecule has 1 heterocycles. The average Bonchev–Trinajstić information content (AvgIpc) is 3.31. The highest BCUT2D eigenvalue weighted by molar-refractivity contribution is 6.00. The fourth-order valence-corrected chi connectivity index (χ4v) is 3.24. The lowest BCUT2D eigenvalue weighted by Gasteiger charge is -2.18. The standard InChI is InChI=1S/C23H21N5O2/c29-22(19-11-10-17-8-4-5-9-18(17)13-19)26-21(12-16-6-2-1-3-7-16)23(30)24-14-20-15-25-28-27-20/h1-11,13,15,21H,12,14H2,(H,24,30)(H,26,29)(H,25,27,28)/t21-/m0/s1. The van der Waals surface area contributed by atoms with E-state index in [4.69, 9.17) is 0 Å². The van der Waals surface area contributed by atoms with E-state index in [1.54, 1.807) is 12.3 Å². The molecule has 0 fully saturated rings. The molecule has 4 rings (SSSR count). The first kappa shape index (κ1) is 19.3. The summed E-state index contributed by atoms with van der Waals surface area (Å²) >= 11 is 0. The highest BCUT2D eigenvalue weighted by atomic mass is 16.2. The molecule has 3 aromatic carbocycles. The lowest BCUT2D eigenvalue weighted by Crippen LogP contribution is -2.47. The number of aromatic nitrogens is 3. The maximum absolute atomic E-state index is 12.9. The van der Waals surface area contributed by atoms with E-state index in [1.165, 1.54) is 0 Å². The van der Waals surface area contributed by atoms with Crippen molar-refractivity contribution in [2.75, 3.05) is 0 Å². The third-order valence-corrected chi connectivity index (χ3v) is 4.82. The second-order valence-corrected chi connectivity index (χ2v) is 6.96. The molecule has 0 unspecified atom stereocenters. The van der Waals surface area contributed by atoms with Crippen molar-refractivity contribution in [2.24, 2.45) is 0 Å². The summed E-state index contributed by atoms with van der Waals surface area (Å²) in [6.45, 7) is 0.229. The van der Waals surface area contributed by atoms with Crippen LogP contribution in [-0.2, 0) is 17.8 Å². The van der Waals surface area contributed by atoms with E-state index in [2.05, 4.69) is 26.0 Å². The van der Waals surface area contributed by atoms with Crippen LogP contribution < -0.4 is 10.6 Å². The second-order valence-electron chi connectivity index (χ2n) is 6.96. The number of H-pyrrole nitrogens is 1. The van der Waals surface area contributed by atoms with Gasteiger partial charge in [-0.3, -0.25) is 9.59 Å². The molecular formula is C23H21N5O2. The zero-order chi connectivity index (χ0) is 20.8. The van der Waals surface area contributed by atoms with Crippen molar-refractivity contribution in [2.45, 2.75) is 19.0 Å². The number of amides is 2. The minimum Gasteiger partial charge on any atom is -0.349 e. The van der Waals surface area contributed by atoms with Gasteiger partial charge in [0.05, 0.1) is 12.7 Å². The zero-order valence-corrected chi connectivity index (χ0v) is 16.2. The van der Waals surface area contributed by atoms with Crippen molar-refractivity contribution in [3.63, 3.8) is 0 Å². The van der Waals surface area contributed by atoms with Gasteiger partial charge in [0.15, 0.2) is 0 Å². The van der Waals surface area contributed by atoms with Gasteiger partial charge in [0, 0.05) is 12.0 Å². The Hall–Kier alpha value is -4.00. The van der Waals surface area contributed by atoms with Crippen molar-refractivity contribution >= 4 is 22.6 Å². The Labute approximate surface area is 173 Å². The Morgan fingerprint density at radius 2 is 1.70 bits per heavy atom. The summed E-state index contributed by atoms with van der Waals surface area (Å²) in [6.07, 6.45) is 1.92. The first-order chi connectivity index (χ1) is 14.7. The SMILES string of the molecule is O=C(N[C@@H](Cc1ccccc1)C(=O)NCc1cn[nH]n1)c1ccc2ccccc2c1. The van der Waals surface area contributed by atoms with Crippen molar-refractivity contribution in [3.8, 4) is 0 Å². The Kier molecular flexibility index (Phi) is 5.80. The lowest BCUT2D eigenvalue weighted by molar-refractivity contribution is -0.123. The van der Waals surface area contributed by atoms with Gasteiger partial charge in [-0.15, -0.1) is 0 Å². The number of nitrogens with zero attached hydrogens (tertiary/aromatic N) is 2. The largest absolute Gasteiger partial charge is 0.349 e. The number of nitrogens with one attached hydrogen (secondary N) is 3. The van der Waals surface area contributed by atoms with Crippen LogP contribution in [0.5, 0.6) is 0 Å². The summed E-state index contributed by atoms with van der Waals surface area (Å²) in [7, 11) is 0. The first-order valence-corrected chi connectivity index (χ1v) is 9.65. The molecule has 1 atom stereocenters. The summed E-state index contributed by atoms with van der Waals surface area (Å²) in [5.74, 6) is -0.575. The molecule has 3 N–H and O–H groups in total. The number of carbonyl (C=O) groups is 2. The molecule has 0 radical (unpaired) electrons. The van der Waals surface area contributed by atoms with E-state index in [0.717, 1.165) is 16.3 Å². The van der Waals surface area contributed by atoms with E-state index in [0.29, 0.717) is 17.7 Å². The van der Waals surface area contributed by atoms with Gasteiger partial charge in [-0.05, 0) is 28.5 Å². The van der Waals surface area contributed by atoms with E-state index in [1.807, 2.05) is 66.7 Å². The Balaban J connectivity index is 1.51. The predicted octanol–water partition coefficient (Wildman–Crippen LogP) is 2.62. The van der Waals surface area contributed by atoms with E-state index in [-0.39, 0.29) is 18.4 Å². The van der Waals surface area contributed by atoms with Crippen LogP contribution in [0.4, 0.5) is 0 Å². The van der Waals surface area contributed by atoms with Crippen LogP contribution in [0, 0.1) is 0 Å². The molecule has 30 heavy (non-hydrogen) atoms. The minimum absolute atomic E-state index is 0.229.